The number of hydrogen-bond acceptors (Lipinski definition) is 0. The van der Waals surface area contributed by atoms with Crippen LogP contribution in [0.5, 0.6) is 0 Å². The maximum Gasteiger partial charge on any atom is 0.255 e. The molecule has 0 saturated heterocycles. The van der Waals surface area contributed by atoms with E-state index in [0.29, 0.717) is 5.38 Å². The molecule has 8 heavy (non-hydrogen) atoms. The first-order valence-corrected chi connectivity index (χ1v) is 4.87. The molecule has 2 heteroatoms. The van der Waals surface area contributed by atoms with Gasteiger partial charge in [0.2, 0.25) is 0 Å². The summed E-state index contributed by atoms with van der Waals surface area (Å²) in [7, 11) is 0. The lowest BCUT2D eigenvalue weighted by molar-refractivity contribution is -0.425. The highest BCUT2D eigenvalue weighted by molar-refractivity contribution is 6.20. The zero-order chi connectivity index (χ0) is 5.98. The minimum Gasteiger partial charge on any atom is -0.123 e. The summed E-state index contributed by atoms with van der Waals surface area (Å²) in [5.41, 5.74) is 0. The topological polar surface area (TPSA) is 0 Å². The van der Waals surface area contributed by atoms with E-state index in [0.717, 1.165) is 3.92 Å². The zero-order valence-electron chi connectivity index (χ0n) is 4.77. The van der Waals surface area contributed by atoms with Crippen LogP contribution in [0.15, 0.2) is 0 Å². The lowest BCUT2D eigenvalue weighted by atomic mass is 10.0. The van der Waals surface area contributed by atoms with Crippen molar-refractivity contribution in [3.05, 3.63) is 0 Å². The van der Waals surface area contributed by atoms with Crippen molar-refractivity contribution in [2.45, 2.75) is 35.0 Å². The van der Waals surface area contributed by atoms with Gasteiger partial charge >= 0.3 is 0 Å². The molecule has 1 saturated carbocycles. The smallest absolute Gasteiger partial charge is 0.123 e. The Bertz CT molecular complexity index is 56.9. The summed E-state index contributed by atoms with van der Waals surface area (Å²) in [6, 6.07) is 0. The van der Waals surface area contributed by atoms with Gasteiger partial charge in [-0.2, -0.15) is 0 Å². The molecule has 0 radical (unpaired) electrons. The molecule has 1 rings (SSSR count). The first-order valence-electron chi connectivity index (χ1n) is 3.09. The van der Waals surface area contributed by atoms with Crippen molar-refractivity contribution >= 4 is 11.6 Å². The van der Waals surface area contributed by atoms with Crippen LogP contribution in [-0.2, 0) is 0 Å². The van der Waals surface area contributed by atoms with Gasteiger partial charge in [-0.1, -0.05) is 0 Å². The van der Waals surface area contributed by atoms with Crippen LogP contribution in [0.25, 0.3) is 0 Å². The van der Waals surface area contributed by atoms with E-state index in [4.69, 9.17) is 11.6 Å². The van der Waals surface area contributed by atoms with Crippen LogP contribution in [0.4, 0.5) is 0 Å². The maximum absolute atomic E-state index is 5.88. The van der Waals surface area contributed by atoms with Gasteiger partial charge in [0.25, 0.3) is 22.6 Å². The van der Waals surface area contributed by atoms with E-state index in [1.807, 2.05) is 0 Å². The molecule has 0 spiro atoms. The molecule has 0 aromatic carbocycles. The molecule has 0 N–H and O–H groups in total. The van der Waals surface area contributed by atoms with Crippen molar-refractivity contribution in [2.24, 2.45) is 0 Å². The third kappa shape index (κ3) is 2.09. The van der Waals surface area contributed by atoms with Crippen molar-refractivity contribution < 1.29 is 22.6 Å². The molecular formula is C6H11ClI+. The van der Waals surface area contributed by atoms with Gasteiger partial charge in [-0.05, 0) is 25.7 Å². The highest BCUT2D eigenvalue weighted by atomic mass is 127. The van der Waals surface area contributed by atoms with E-state index >= 15 is 0 Å². The van der Waals surface area contributed by atoms with Crippen LogP contribution < -0.4 is 22.6 Å². The Balaban J connectivity index is 2.19. The fraction of sp³-hybridized carbons (Fsp3) is 1.00. The molecule has 0 aromatic heterocycles. The zero-order valence-corrected chi connectivity index (χ0v) is 7.86. The summed E-state index contributed by atoms with van der Waals surface area (Å²) in [5.74, 6) is 0. The molecular weight excluding hydrogens is 234 g/mol. The molecule has 48 valence electrons. The lowest BCUT2D eigenvalue weighted by Gasteiger charge is -2.15. The van der Waals surface area contributed by atoms with Crippen LogP contribution in [-0.4, -0.2) is 9.30 Å². The van der Waals surface area contributed by atoms with Gasteiger partial charge in [0.1, 0.15) is 0 Å². The molecule has 0 bridgehead atoms. The standard InChI is InChI=1S/C6H11ClI/c7-5-1-3-6(8)4-2-5/h5-6,8H,1-4H2/q+1. The fourth-order valence-electron chi connectivity index (χ4n) is 1.02. The molecule has 0 unspecified atom stereocenters. The monoisotopic (exact) mass is 245 g/mol. The molecule has 0 nitrogen and oxygen atoms in total. The van der Waals surface area contributed by atoms with Gasteiger partial charge in [-0.25, -0.2) is 0 Å². The molecule has 0 heterocycles. The second-order valence-electron chi connectivity index (χ2n) is 2.37. The first kappa shape index (κ1) is 7.13. The summed E-state index contributed by atoms with van der Waals surface area (Å²) in [6.07, 6.45) is 5.17. The van der Waals surface area contributed by atoms with E-state index in [2.05, 4.69) is 22.6 Å². The average Bonchev–Trinajstić information content (AvgIpc) is 1.77. The van der Waals surface area contributed by atoms with Gasteiger partial charge in [-0.15, -0.1) is 11.6 Å². The maximum atomic E-state index is 5.88. The Hall–Kier alpha value is 1.02. The van der Waals surface area contributed by atoms with Crippen molar-refractivity contribution in [1.82, 2.24) is 0 Å². The Morgan fingerprint density at radius 3 is 2.00 bits per heavy atom. The van der Waals surface area contributed by atoms with E-state index in [-0.39, 0.29) is 0 Å². The highest BCUT2D eigenvalue weighted by Crippen LogP contribution is 2.19. The van der Waals surface area contributed by atoms with Crippen molar-refractivity contribution in [3.8, 4) is 0 Å². The van der Waals surface area contributed by atoms with Crippen LogP contribution >= 0.6 is 11.6 Å². The third-order valence-corrected chi connectivity index (χ3v) is 3.39. The first-order chi connectivity index (χ1) is 3.79. The van der Waals surface area contributed by atoms with Crippen molar-refractivity contribution in [3.63, 3.8) is 0 Å². The van der Waals surface area contributed by atoms with E-state index in [9.17, 15) is 0 Å². The molecule has 0 atom stereocenters. The average molecular weight is 246 g/mol. The van der Waals surface area contributed by atoms with Crippen LogP contribution in [0.3, 0.4) is 0 Å². The Morgan fingerprint density at radius 2 is 1.62 bits per heavy atom. The van der Waals surface area contributed by atoms with Gasteiger partial charge in [0.05, 0.1) is 0 Å². The second-order valence-corrected chi connectivity index (χ2v) is 4.89. The molecule has 1 fully saturated rings. The summed E-state index contributed by atoms with van der Waals surface area (Å²) < 4.78 is 0.945. The Morgan fingerprint density at radius 1 is 1.12 bits per heavy atom. The molecule has 0 amide bonds. The van der Waals surface area contributed by atoms with Crippen molar-refractivity contribution in [1.29, 1.82) is 0 Å². The predicted octanol–water partition coefficient (Wildman–Crippen LogP) is -1.18. The van der Waals surface area contributed by atoms with Gasteiger partial charge < -0.3 is 0 Å². The molecule has 1 aliphatic rings. The predicted molar refractivity (Wildman–Crippen MR) is 33.3 cm³/mol. The van der Waals surface area contributed by atoms with Crippen LogP contribution in [0.1, 0.15) is 25.7 Å². The number of halogens is 2. The van der Waals surface area contributed by atoms with E-state index in [1.54, 1.807) is 0 Å². The third-order valence-electron chi connectivity index (χ3n) is 1.60. The quantitative estimate of drug-likeness (QED) is 0.372. The molecule has 0 aliphatic heterocycles. The fourth-order valence-corrected chi connectivity index (χ4v) is 2.05. The highest BCUT2D eigenvalue weighted by Gasteiger charge is 2.21. The molecule has 0 aromatic rings. The van der Waals surface area contributed by atoms with E-state index < -0.39 is 0 Å². The summed E-state index contributed by atoms with van der Waals surface area (Å²) in [4.78, 5) is 0. The van der Waals surface area contributed by atoms with E-state index in [1.165, 1.54) is 25.7 Å². The summed E-state index contributed by atoms with van der Waals surface area (Å²) >= 11 is 8.12. The van der Waals surface area contributed by atoms with Crippen molar-refractivity contribution in [2.75, 3.05) is 0 Å². The minimum absolute atomic E-state index is 0.493. The van der Waals surface area contributed by atoms with Crippen LogP contribution in [0, 0.1) is 0 Å². The number of alkyl halides is 2. The lowest BCUT2D eigenvalue weighted by Crippen LogP contribution is -3.39. The largest absolute Gasteiger partial charge is 0.255 e. The summed E-state index contributed by atoms with van der Waals surface area (Å²) in [6.45, 7) is 0. The Kier molecular flexibility index (Phi) is 2.90. The second kappa shape index (κ2) is 3.25. The van der Waals surface area contributed by atoms with Gasteiger partial charge in [0, 0.05) is 5.38 Å². The van der Waals surface area contributed by atoms with Gasteiger partial charge in [-0.3, -0.25) is 0 Å². The molecule has 1 aliphatic carbocycles. The number of hydrogen-bond donors (Lipinski definition) is 0. The Labute approximate surface area is 69.1 Å². The van der Waals surface area contributed by atoms with Gasteiger partial charge in [0.15, 0.2) is 3.92 Å². The summed E-state index contributed by atoms with van der Waals surface area (Å²) in [5, 5.41) is 0.493. The normalized spacial score (nSPS) is 39.8. The van der Waals surface area contributed by atoms with Crippen LogP contribution in [0.2, 0.25) is 0 Å². The SMILES string of the molecule is ClC1CCC([IH+])CC1. The minimum atomic E-state index is 0.493. The number of rotatable bonds is 0.